The average Bonchev–Trinajstić information content (AvgIpc) is 2.47. The van der Waals surface area contributed by atoms with Gasteiger partial charge in [0.25, 0.3) is 0 Å². The number of likely N-dealkylation sites (tertiary alicyclic amines) is 1. The topological polar surface area (TPSA) is 73.2 Å². The van der Waals surface area contributed by atoms with Gasteiger partial charge >= 0.3 is 5.97 Å². The van der Waals surface area contributed by atoms with Crippen LogP contribution < -0.4 is 0 Å². The Balaban J connectivity index is 2.08. The molecule has 0 spiro atoms. The van der Waals surface area contributed by atoms with Gasteiger partial charge in [0.2, 0.25) is 0 Å². The maximum Gasteiger partial charge on any atom is 0.341 e. The van der Waals surface area contributed by atoms with E-state index in [1.807, 2.05) is 19.0 Å². The Morgan fingerprint density at radius 2 is 2.17 bits per heavy atom. The molecule has 1 aromatic carbocycles. The second-order valence-corrected chi connectivity index (χ2v) is 6.62. The molecule has 0 aromatic heterocycles. The van der Waals surface area contributed by atoms with Crippen LogP contribution in [0.4, 0.5) is 0 Å². The van der Waals surface area contributed by atoms with Gasteiger partial charge in [0, 0.05) is 19.6 Å². The predicted molar refractivity (Wildman–Crippen MR) is 87.5 cm³/mol. The minimum atomic E-state index is -0.705. The molecule has 1 atom stereocenters. The van der Waals surface area contributed by atoms with Crippen molar-refractivity contribution in [1.82, 2.24) is 9.80 Å². The Morgan fingerprint density at radius 3 is 2.83 bits per heavy atom. The van der Waals surface area contributed by atoms with Crippen LogP contribution in [0.15, 0.2) is 18.2 Å². The second-order valence-electron chi connectivity index (χ2n) is 6.62. The van der Waals surface area contributed by atoms with Crippen LogP contribution >= 0.6 is 0 Å². The Kier molecular flexibility index (Phi) is 5.62. The van der Waals surface area contributed by atoms with Crippen LogP contribution in [0.25, 0.3) is 0 Å². The summed E-state index contributed by atoms with van der Waals surface area (Å²) in [6.07, 6.45) is 1.73. The van der Waals surface area contributed by atoms with E-state index in [1.165, 1.54) is 13.2 Å². The van der Waals surface area contributed by atoms with E-state index in [9.17, 15) is 15.0 Å². The third kappa shape index (κ3) is 4.67. The highest BCUT2D eigenvalue weighted by atomic mass is 16.5. The SMILES string of the molecule is COC(=O)c1cc(CN2CCC[C@@](O)(CN(C)C)C2)ccc1O. The summed E-state index contributed by atoms with van der Waals surface area (Å²) >= 11 is 0. The maximum atomic E-state index is 11.7. The zero-order valence-electron chi connectivity index (χ0n) is 14.1. The minimum Gasteiger partial charge on any atom is -0.507 e. The summed E-state index contributed by atoms with van der Waals surface area (Å²) in [5.74, 6) is -0.629. The van der Waals surface area contributed by atoms with E-state index in [-0.39, 0.29) is 11.3 Å². The molecule has 0 aliphatic carbocycles. The molecule has 1 saturated heterocycles. The van der Waals surface area contributed by atoms with Gasteiger partial charge in [-0.1, -0.05) is 6.07 Å². The Bertz CT molecular complexity index is 562. The van der Waals surface area contributed by atoms with Gasteiger partial charge in [0.05, 0.1) is 12.7 Å². The highest BCUT2D eigenvalue weighted by molar-refractivity contribution is 5.92. The van der Waals surface area contributed by atoms with E-state index in [2.05, 4.69) is 9.64 Å². The summed E-state index contributed by atoms with van der Waals surface area (Å²) < 4.78 is 4.68. The maximum absolute atomic E-state index is 11.7. The summed E-state index contributed by atoms with van der Waals surface area (Å²) in [5, 5.41) is 20.5. The number of rotatable bonds is 5. The molecule has 0 amide bonds. The van der Waals surface area contributed by atoms with Crippen LogP contribution in [0.3, 0.4) is 0 Å². The Hall–Kier alpha value is -1.63. The summed E-state index contributed by atoms with van der Waals surface area (Å²) in [4.78, 5) is 15.8. The van der Waals surface area contributed by atoms with E-state index in [1.54, 1.807) is 12.1 Å². The van der Waals surface area contributed by atoms with Crippen molar-refractivity contribution in [3.05, 3.63) is 29.3 Å². The van der Waals surface area contributed by atoms with Crippen molar-refractivity contribution in [2.45, 2.75) is 25.0 Å². The number of nitrogens with zero attached hydrogens (tertiary/aromatic N) is 2. The molecular formula is C17H26N2O4. The number of likely N-dealkylation sites (N-methyl/N-ethyl adjacent to an activating group) is 1. The molecule has 6 nitrogen and oxygen atoms in total. The van der Waals surface area contributed by atoms with Gasteiger partial charge in [0.15, 0.2) is 0 Å². The van der Waals surface area contributed by atoms with Crippen LogP contribution in [0.1, 0.15) is 28.8 Å². The van der Waals surface area contributed by atoms with E-state index in [0.29, 0.717) is 19.6 Å². The van der Waals surface area contributed by atoms with Crippen molar-refractivity contribution in [1.29, 1.82) is 0 Å². The number of carbonyl (C=O) groups excluding carboxylic acids is 1. The average molecular weight is 322 g/mol. The first-order valence-corrected chi connectivity index (χ1v) is 7.83. The molecule has 1 aliphatic heterocycles. The number of β-amino-alcohol motifs (C(OH)–C–C–N with tert-alkyl or cyclic N) is 1. The molecule has 1 fully saturated rings. The lowest BCUT2D eigenvalue weighted by atomic mass is 9.92. The van der Waals surface area contributed by atoms with Crippen LogP contribution in [0.2, 0.25) is 0 Å². The molecule has 0 saturated carbocycles. The largest absolute Gasteiger partial charge is 0.507 e. The van der Waals surface area contributed by atoms with E-state index >= 15 is 0 Å². The lowest BCUT2D eigenvalue weighted by Gasteiger charge is -2.40. The number of aromatic hydroxyl groups is 1. The highest BCUT2D eigenvalue weighted by Gasteiger charge is 2.33. The number of aliphatic hydroxyl groups is 1. The van der Waals surface area contributed by atoms with Crippen molar-refractivity contribution in [2.75, 3.05) is 40.8 Å². The third-order valence-electron chi connectivity index (χ3n) is 4.12. The molecule has 1 aromatic rings. The van der Waals surface area contributed by atoms with Gasteiger partial charge in [-0.25, -0.2) is 4.79 Å². The lowest BCUT2D eigenvalue weighted by Crippen LogP contribution is -2.52. The number of phenols is 1. The fourth-order valence-electron chi connectivity index (χ4n) is 3.27. The van der Waals surface area contributed by atoms with Crippen LogP contribution in [0, 0.1) is 0 Å². The molecule has 1 aliphatic rings. The lowest BCUT2D eigenvalue weighted by molar-refractivity contribution is -0.0480. The Morgan fingerprint density at radius 1 is 1.43 bits per heavy atom. The fraction of sp³-hybridized carbons (Fsp3) is 0.588. The molecule has 0 radical (unpaired) electrons. The molecule has 6 heteroatoms. The summed E-state index contributed by atoms with van der Waals surface area (Å²) in [7, 11) is 5.21. The number of esters is 1. The number of phenolic OH excluding ortho intramolecular Hbond substituents is 1. The fourth-order valence-corrected chi connectivity index (χ4v) is 3.27. The van der Waals surface area contributed by atoms with E-state index in [4.69, 9.17) is 0 Å². The molecule has 0 unspecified atom stereocenters. The van der Waals surface area contributed by atoms with Crippen molar-refractivity contribution in [2.24, 2.45) is 0 Å². The smallest absolute Gasteiger partial charge is 0.341 e. The van der Waals surface area contributed by atoms with Crippen molar-refractivity contribution >= 4 is 5.97 Å². The number of carbonyl (C=O) groups is 1. The number of benzene rings is 1. The molecule has 1 heterocycles. The third-order valence-corrected chi connectivity index (χ3v) is 4.12. The van der Waals surface area contributed by atoms with Crippen LogP contribution in [-0.4, -0.2) is 72.4 Å². The number of piperidine rings is 1. The molecule has 0 bridgehead atoms. The van der Waals surface area contributed by atoms with Gasteiger partial charge in [-0.2, -0.15) is 0 Å². The molecule has 2 N–H and O–H groups in total. The van der Waals surface area contributed by atoms with Crippen molar-refractivity contribution in [3.8, 4) is 5.75 Å². The van der Waals surface area contributed by atoms with Crippen LogP contribution in [0.5, 0.6) is 5.75 Å². The molecule has 23 heavy (non-hydrogen) atoms. The quantitative estimate of drug-likeness (QED) is 0.790. The standard InChI is InChI=1S/C17H26N2O4/c1-18(2)11-17(22)7-4-8-19(12-17)10-13-5-6-15(20)14(9-13)16(21)23-3/h5-6,9,20,22H,4,7-8,10-12H2,1-3H3/t17-/m1/s1. The number of ether oxygens (including phenoxy) is 1. The zero-order chi connectivity index (χ0) is 17.0. The minimum absolute atomic E-state index is 0.0802. The molecule has 128 valence electrons. The molecule has 2 rings (SSSR count). The number of hydrogen-bond donors (Lipinski definition) is 2. The Labute approximate surface area is 137 Å². The van der Waals surface area contributed by atoms with Crippen molar-refractivity contribution < 1.29 is 19.7 Å². The van der Waals surface area contributed by atoms with Crippen molar-refractivity contribution in [3.63, 3.8) is 0 Å². The second kappa shape index (κ2) is 7.29. The van der Waals surface area contributed by atoms with E-state index in [0.717, 1.165) is 24.9 Å². The highest BCUT2D eigenvalue weighted by Crippen LogP contribution is 2.25. The van der Waals surface area contributed by atoms with Gasteiger partial charge in [-0.05, 0) is 51.2 Å². The van der Waals surface area contributed by atoms with Gasteiger partial charge in [0.1, 0.15) is 11.3 Å². The van der Waals surface area contributed by atoms with E-state index < -0.39 is 11.6 Å². The van der Waals surface area contributed by atoms with Gasteiger partial charge < -0.3 is 19.8 Å². The first-order chi connectivity index (χ1) is 10.8. The molecular weight excluding hydrogens is 296 g/mol. The first-order valence-electron chi connectivity index (χ1n) is 7.83. The van der Waals surface area contributed by atoms with Gasteiger partial charge in [-0.15, -0.1) is 0 Å². The predicted octanol–water partition coefficient (Wildman–Crippen LogP) is 1.07. The summed E-state index contributed by atoms with van der Waals surface area (Å²) in [6.45, 7) is 2.76. The normalized spacial score (nSPS) is 22.3. The van der Waals surface area contributed by atoms with Gasteiger partial charge in [-0.3, -0.25) is 4.90 Å². The monoisotopic (exact) mass is 322 g/mol. The number of methoxy groups -OCH3 is 1. The van der Waals surface area contributed by atoms with Crippen LogP contribution in [-0.2, 0) is 11.3 Å². The summed E-state index contributed by atoms with van der Waals surface area (Å²) in [6, 6.07) is 4.96. The zero-order valence-corrected chi connectivity index (χ0v) is 14.1. The number of hydrogen-bond acceptors (Lipinski definition) is 6. The summed E-state index contributed by atoms with van der Waals surface area (Å²) in [5.41, 5.74) is 0.381. The first kappa shape index (κ1) is 17.7.